The Kier molecular flexibility index (Phi) is 3.23. The summed E-state index contributed by atoms with van der Waals surface area (Å²) in [5.41, 5.74) is 0.583. The van der Waals surface area contributed by atoms with E-state index in [0.29, 0.717) is 12.2 Å². The molecule has 2 N–H and O–H groups in total. The topological polar surface area (TPSA) is 56.0 Å². The predicted octanol–water partition coefficient (Wildman–Crippen LogP) is 1.10. The van der Waals surface area contributed by atoms with Crippen LogP contribution in [0.25, 0.3) is 0 Å². The fourth-order valence-corrected chi connectivity index (χ4v) is 0.919. The molecule has 0 amide bonds. The van der Waals surface area contributed by atoms with Crippen LogP contribution in [-0.4, -0.2) is 18.3 Å². The second-order valence-electron chi connectivity index (χ2n) is 2.46. The minimum Gasteiger partial charge on any atom is -0.395 e. The maximum Gasteiger partial charge on any atom is 0.147 e. The number of rotatable bonds is 3. The summed E-state index contributed by atoms with van der Waals surface area (Å²) in [5, 5.41) is 19.6. The van der Waals surface area contributed by atoms with Gasteiger partial charge >= 0.3 is 0 Å². The van der Waals surface area contributed by atoms with Crippen LogP contribution in [0.2, 0.25) is 0 Å². The summed E-state index contributed by atoms with van der Waals surface area (Å²) in [6.07, 6.45) is 0. The quantitative estimate of drug-likeness (QED) is 0.732. The van der Waals surface area contributed by atoms with Crippen LogP contribution < -0.4 is 5.32 Å². The van der Waals surface area contributed by atoms with Crippen molar-refractivity contribution in [2.45, 2.75) is 0 Å². The molecule has 68 valence electrons. The van der Waals surface area contributed by atoms with E-state index in [4.69, 9.17) is 10.4 Å². The van der Waals surface area contributed by atoms with Gasteiger partial charge in [0.05, 0.1) is 23.9 Å². The van der Waals surface area contributed by atoms with E-state index in [-0.39, 0.29) is 12.2 Å². The van der Waals surface area contributed by atoms with Gasteiger partial charge in [-0.1, -0.05) is 0 Å². The fourth-order valence-electron chi connectivity index (χ4n) is 0.919. The van der Waals surface area contributed by atoms with Gasteiger partial charge in [0, 0.05) is 6.54 Å². The number of nitriles is 1. The van der Waals surface area contributed by atoms with Gasteiger partial charge in [0.2, 0.25) is 0 Å². The third-order valence-electron chi connectivity index (χ3n) is 1.53. The molecule has 3 nitrogen and oxygen atoms in total. The molecule has 0 aliphatic carbocycles. The molecular formula is C9H9FN2O. The fraction of sp³-hybridized carbons (Fsp3) is 0.222. The van der Waals surface area contributed by atoms with Gasteiger partial charge in [-0.3, -0.25) is 0 Å². The number of aliphatic hydroxyl groups is 1. The van der Waals surface area contributed by atoms with Crippen LogP contribution >= 0.6 is 0 Å². The zero-order chi connectivity index (χ0) is 9.68. The van der Waals surface area contributed by atoms with Gasteiger partial charge in [-0.2, -0.15) is 5.26 Å². The lowest BCUT2D eigenvalue weighted by Crippen LogP contribution is -2.06. The highest BCUT2D eigenvalue weighted by Crippen LogP contribution is 2.14. The SMILES string of the molecule is N#Cc1ccc(NCCO)c(F)c1. The molecule has 0 saturated carbocycles. The minimum atomic E-state index is -0.479. The van der Waals surface area contributed by atoms with Crippen molar-refractivity contribution in [2.24, 2.45) is 0 Å². The van der Waals surface area contributed by atoms with E-state index in [1.807, 2.05) is 6.07 Å². The van der Waals surface area contributed by atoms with Crippen molar-refractivity contribution in [1.82, 2.24) is 0 Å². The molecule has 0 radical (unpaired) electrons. The van der Waals surface area contributed by atoms with Gasteiger partial charge in [-0.25, -0.2) is 4.39 Å². The Hall–Kier alpha value is -1.60. The Balaban J connectivity index is 2.81. The van der Waals surface area contributed by atoms with Gasteiger partial charge in [0.15, 0.2) is 0 Å². The van der Waals surface area contributed by atoms with Crippen molar-refractivity contribution in [3.8, 4) is 6.07 Å². The van der Waals surface area contributed by atoms with Crippen LogP contribution in [0.1, 0.15) is 5.56 Å². The summed E-state index contributed by atoms with van der Waals surface area (Å²) >= 11 is 0. The summed E-state index contributed by atoms with van der Waals surface area (Å²) in [6, 6.07) is 5.98. The average molecular weight is 180 g/mol. The highest BCUT2D eigenvalue weighted by Gasteiger charge is 2.01. The Labute approximate surface area is 75.4 Å². The van der Waals surface area contributed by atoms with E-state index in [1.54, 1.807) is 0 Å². The van der Waals surface area contributed by atoms with Crippen molar-refractivity contribution in [2.75, 3.05) is 18.5 Å². The molecule has 0 heterocycles. The van der Waals surface area contributed by atoms with Crippen LogP contribution in [0.3, 0.4) is 0 Å². The number of hydrogen-bond acceptors (Lipinski definition) is 3. The number of nitrogens with zero attached hydrogens (tertiary/aromatic N) is 1. The van der Waals surface area contributed by atoms with Gasteiger partial charge in [0.25, 0.3) is 0 Å². The molecule has 1 rings (SSSR count). The van der Waals surface area contributed by atoms with E-state index in [1.165, 1.54) is 12.1 Å². The van der Waals surface area contributed by atoms with Crippen molar-refractivity contribution >= 4 is 5.69 Å². The number of anilines is 1. The lowest BCUT2D eigenvalue weighted by atomic mass is 10.2. The molecular weight excluding hydrogens is 171 g/mol. The molecule has 0 aromatic heterocycles. The number of hydrogen-bond donors (Lipinski definition) is 2. The first kappa shape index (κ1) is 9.49. The van der Waals surface area contributed by atoms with E-state index in [0.717, 1.165) is 6.07 Å². The maximum atomic E-state index is 13.1. The Morgan fingerprint density at radius 2 is 2.31 bits per heavy atom. The second kappa shape index (κ2) is 4.43. The number of aliphatic hydroxyl groups excluding tert-OH is 1. The highest BCUT2D eigenvalue weighted by molar-refractivity contribution is 5.48. The van der Waals surface area contributed by atoms with Crippen LogP contribution in [-0.2, 0) is 0 Å². The van der Waals surface area contributed by atoms with Crippen LogP contribution in [0.5, 0.6) is 0 Å². The summed E-state index contributed by atoms with van der Waals surface area (Å²) in [7, 11) is 0. The average Bonchev–Trinajstić information content (AvgIpc) is 2.16. The highest BCUT2D eigenvalue weighted by atomic mass is 19.1. The molecule has 1 aromatic carbocycles. The van der Waals surface area contributed by atoms with Crippen LogP contribution in [0, 0.1) is 17.1 Å². The molecule has 13 heavy (non-hydrogen) atoms. The van der Waals surface area contributed by atoms with Gasteiger partial charge in [-0.15, -0.1) is 0 Å². The summed E-state index contributed by atoms with van der Waals surface area (Å²) in [5.74, 6) is -0.479. The van der Waals surface area contributed by atoms with E-state index in [9.17, 15) is 4.39 Å². The third-order valence-corrected chi connectivity index (χ3v) is 1.53. The van der Waals surface area contributed by atoms with Crippen molar-refractivity contribution in [3.63, 3.8) is 0 Å². The number of nitrogens with one attached hydrogen (secondary N) is 1. The summed E-state index contributed by atoms with van der Waals surface area (Å²) < 4.78 is 13.1. The normalized spacial score (nSPS) is 9.31. The van der Waals surface area contributed by atoms with Gasteiger partial charge < -0.3 is 10.4 Å². The third kappa shape index (κ3) is 2.42. The summed E-state index contributed by atoms with van der Waals surface area (Å²) in [4.78, 5) is 0. The Bertz CT molecular complexity index is 333. The van der Waals surface area contributed by atoms with E-state index < -0.39 is 5.82 Å². The molecule has 0 unspecified atom stereocenters. The molecule has 0 aliphatic rings. The van der Waals surface area contributed by atoms with E-state index >= 15 is 0 Å². The van der Waals surface area contributed by atoms with Crippen LogP contribution in [0.15, 0.2) is 18.2 Å². The largest absolute Gasteiger partial charge is 0.395 e. The van der Waals surface area contributed by atoms with Crippen LogP contribution in [0.4, 0.5) is 10.1 Å². The smallest absolute Gasteiger partial charge is 0.147 e. The predicted molar refractivity (Wildman–Crippen MR) is 46.7 cm³/mol. The number of benzene rings is 1. The zero-order valence-corrected chi connectivity index (χ0v) is 6.92. The first-order chi connectivity index (χ1) is 6.27. The Morgan fingerprint density at radius 1 is 1.54 bits per heavy atom. The zero-order valence-electron chi connectivity index (χ0n) is 6.92. The monoisotopic (exact) mass is 180 g/mol. The van der Waals surface area contributed by atoms with E-state index in [2.05, 4.69) is 5.32 Å². The van der Waals surface area contributed by atoms with Crippen molar-refractivity contribution in [1.29, 1.82) is 5.26 Å². The summed E-state index contributed by atoms with van der Waals surface area (Å²) in [6.45, 7) is 0.238. The standard InChI is InChI=1S/C9H9FN2O/c10-8-5-7(6-11)1-2-9(8)12-3-4-13/h1-2,5,12-13H,3-4H2. The van der Waals surface area contributed by atoms with Gasteiger partial charge in [-0.05, 0) is 18.2 Å². The minimum absolute atomic E-state index is 0.0561. The molecule has 1 aromatic rings. The molecule has 0 spiro atoms. The second-order valence-corrected chi connectivity index (χ2v) is 2.46. The molecule has 0 saturated heterocycles. The van der Waals surface area contributed by atoms with Crippen molar-refractivity contribution < 1.29 is 9.50 Å². The molecule has 0 atom stereocenters. The molecule has 0 bridgehead atoms. The molecule has 0 aliphatic heterocycles. The lowest BCUT2D eigenvalue weighted by Gasteiger charge is -2.04. The molecule has 4 heteroatoms. The molecule has 0 fully saturated rings. The lowest BCUT2D eigenvalue weighted by molar-refractivity contribution is 0.311. The first-order valence-electron chi connectivity index (χ1n) is 3.82. The number of halogens is 1. The Morgan fingerprint density at radius 3 is 2.85 bits per heavy atom. The van der Waals surface area contributed by atoms with Crippen molar-refractivity contribution in [3.05, 3.63) is 29.6 Å². The van der Waals surface area contributed by atoms with Gasteiger partial charge in [0.1, 0.15) is 5.82 Å². The maximum absolute atomic E-state index is 13.1. The first-order valence-corrected chi connectivity index (χ1v) is 3.82.